The van der Waals surface area contributed by atoms with Crippen LogP contribution in [0, 0.1) is 18.3 Å². The molecule has 0 saturated carbocycles. The van der Waals surface area contributed by atoms with Crippen LogP contribution in [0.4, 0.5) is 0 Å². The number of aryl methyl sites for hydroxylation is 2. The maximum atomic E-state index is 8.90. The molecule has 0 bridgehead atoms. The molecule has 1 heterocycles. The van der Waals surface area contributed by atoms with Crippen molar-refractivity contribution in [2.75, 3.05) is 19.8 Å². The molecule has 0 aliphatic carbocycles. The zero-order chi connectivity index (χ0) is 11.3. The molecule has 0 N–H and O–H groups in total. The van der Waals surface area contributed by atoms with Crippen molar-refractivity contribution < 1.29 is 9.47 Å². The van der Waals surface area contributed by atoms with Crippen molar-refractivity contribution >= 4 is 0 Å². The predicted molar refractivity (Wildman–Crippen MR) is 54.6 cm³/mol. The van der Waals surface area contributed by atoms with Crippen LogP contribution in [0.25, 0.3) is 0 Å². The van der Waals surface area contributed by atoms with E-state index in [9.17, 15) is 0 Å². The highest BCUT2D eigenvalue weighted by molar-refractivity contribution is 5.41. The van der Waals surface area contributed by atoms with E-state index in [1.165, 1.54) is 0 Å². The third-order valence-corrected chi connectivity index (χ3v) is 1.95. The summed E-state index contributed by atoms with van der Waals surface area (Å²) in [5, 5.41) is 13.0. The van der Waals surface area contributed by atoms with Gasteiger partial charge in [-0.2, -0.15) is 10.4 Å². The molecule has 5 heteroatoms. The molecule has 0 atom stereocenters. The molecule has 0 radical (unpaired) electrons. The van der Waals surface area contributed by atoms with Crippen LogP contribution >= 0.6 is 0 Å². The van der Waals surface area contributed by atoms with Gasteiger partial charge in [-0.25, -0.2) is 4.68 Å². The summed E-state index contributed by atoms with van der Waals surface area (Å²) < 4.78 is 12.1. The van der Waals surface area contributed by atoms with E-state index >= 15 is 0 Å². The average Bonchev–Trinajstić information content (AvgIpc) is 2.48. The lowest BCUT2D eigenvalue weighted by atomic mass is 10.3. The highest BCUT2D eigenvalue weighted by atomic mass is 16.5. The molecule has 0 fully saturated rings. The van der Waals surface area contributed by atoms with E-state index in [0.29, 0.717) is 37.0 Å². The Hall–Kier alpha value is -1.54. The molecule has 82 valence electrons. The number of nitrogens with zero attached hydrogens (tertiary/aromatic N) is 3. The molecule has 1 aromatic heterocycles. The molecule has 0 aromatic carbocycles. The third-order valence-electron chi connectivity index (χ3n) is 1.95. The van der Waals surface area contributed by atoms with Crippen LogP contribution in [0.5, 0.6) is 5.88 Å². The zero-order valence-electron chi connectivity index (χ0n) is 9.28. The molecule has 1 aromatic rings. The van der Waals surface area contributed by atoms with E-state index in [0.717, 1.165) is 0 Å². The molecule has 0 saturated heterocycles. The minimum atomic E-state index is 0.432. The van der Waals surface area contributed by atoms with Crippen LogP contribution in [0.2, 0.25) is 0 Å². The van der Waals surface area contributed by atoms with Crippen molar-refractivity contribution in [2.24, 2.45) is 7.05 Å². The van der Waals surface area contributed by atoms with Crippen LogP contribution in [0.3, 0.4) is 0 Å². The molecule has 0 spiro atoms. The summed E-state index contributed by atoms with van der Waals surface area (Å²) in [5.41, 5.74) is 1.18. The van der Waals surface area contributed by atoms with Gasteiger partial charge in [0, 0.05) is 13.7 Å². The highest BCUT2D eigenvalue weighted by Gasteiger charge is 2.13. The SMILES string of the molecule is CCOCCOc1c(C#N)c(C)nn1C. The van der Waals surface area contributed by atoms with E-state index in [-0.39, 0.29) is 0 Å². The fourth-order valence-corrected chi connectivity index (χ4v) is 1.27. The number of aromatic nitrogens is 2. The van der Waals surface area contributed by atoms with Crippen molar-refractivity contribution in [2.45, 2.75) is 13.8 Å². The van der Waals surface area contributed by atoms with Crippen LogP contribution < -0.4 is 4.74 Å². The van der Waals surface area contributed by atoms with Gasteiger partial charge < -0.3 is 9.47 Å². The molecule has 0 aliphatic rings. The Kier molecular flexibility index (Phi) is 4.13. The second-order valence-corrected chi connectivity index (χ2v) is 3.05. The van der Waals surface area contributed by atoms with Crippen molar-refractivity contribution in [3.05, 3.63) is 11.3 Å². The smallest absolute Gasteiger partial charge is 0.230 e. The summed E-state index contributed by atoms with van der Waals surface area (Å²) in [5.74, 6) is 0.509. The number of rotatable bonds is 5. The van der Waals surface area contributed by atoms with Crippen LogP contribution in [-0.4, -0.2) is 29.6 Å². The van der Waals surface area contributed by atoms with Gasteiger partial charge in [-0.1, -0.05) is 0 Å². The van der Waals surface area contributed by atoms with Gasteiger partial charge >= 0.3 is 0 Å². The maximum Gasteiger partial charge on any atom is 0.230 e. The lowest BCUT2D eigenvalue weighted by molar-refractivity contribution is 0.106. The number of nitriles is 1. The Bertz CT molecular complexity index is 365. The first-order valence-electron chi connectivity index (χ1n) is 4.85. The number of ether oxygens (including phenoxy) is 2. The molecular weight excluding hydrogens is 194 g/mol. The van der Waals surface area contributed by atoms with Gasteiger partial charge in [0.1, 0.15) is 18.2 Å². The van der Waals surface area contributed by atoms with Crippen molar-refractivity contribution in [3.8, 4) is 11.9 Å². The number of hydrogen-bond acceptors (Lipinski definition) is 4. The van der Waals surface area contributed by atoms with Crippen molar-refractivity contribution in [1.82, 2.24) is 9.78 Å². The Morgan fingerprint density at radius 3 is 2.80 bits per heavy atom. The molecule has 0 aliphatic heterocycles. The van der Waals surface area contributed by atoms with Gasteiger partial charge in [0.25, 0.3) is 0 Å². The van der Waals surface area contributed by atoms with E-state index < -0.39 is 0 Å². The van der Waals surface area contributed by atoms with E-state index in [4.69, 9.17) is 14.7 Å². The zero-order valence-corrected chi connectivity index (χ0v) is 9.28. The van der Waals surface area contributed by atoms with Gasteiger partial charge in [-0.3, -0.25) is 0 Å². The van der Waals surface area contributed by atoms with Crippen molar-refractivity contribution in [3.63, 3.8) is 0 Å². The standard InChI is InChI=1S/C10H15N3O2/c1-4-14-5-6-15-10-9(7-11)8(2)12-13(10)3/h4-6H2,1-3H3. The summed E-state index contributed by atoms with van der Waals surface area (Å²) in [6, 6.07) is 2.08. The summed E-state index contributed by atoms with van der Waals surface area (Å²) >= 11 is 0. The monoisotopic (exact) mass is 209 g/mol. The normalized spacial score (nSPS) is 10.0. The minimum absolute atomic E-state index is 0.432. The summed E-state index contributed by atoms with van der Waals surface area (Å²) in [7, 11) is 1.75. The van der Waals surface area contributed by atoms with Gasteiger partial charge in [0.2, 0.25) is 5.88 Å². The Morgan fingerprint density at radius 2 is 2.20 bits per heavy atom. The third kappa shape index (κ3) is 2.70. The fourth-order valence-electron chi connectivity index (χ4n) is 1.27. The average molecular weight is 209 g/mol. The Labute approximate surface area is 89.2 Å². The first-order chi connectivity index (χ1) is 7.20. The summed E-state index contributed by atoms with van der Waals surface area (Å²) in [6.45, 7) is 5.33. The minimum Gasteiger partial charge on any atom is -0.474 e. The lowest BCUT2D eigenvalue weighted by Crippen LogP contribution is -2.09. The molecular formula is C10H15N3O2. The first kappa shape index (κ1) is 11.5. The number of hydrogen-bond donors (Lipinski definition) is 0. The van der Waals surface area contributed by atoms with Gasteiger partial charge in [-0.05, 0) is 13.8 Å². The molecule has 15 heavy (non-hydrogen) atoms. The Morgan fingerprint density at radius 1 is 1.47 bits per heavy atom. The largest absolute Gasteiger partial charge is 0.474 e. The van der Waals surface area contributed by atoms with E-state index in [1.807, 2.05) is 6.92 Å². The quantitative estimate of drug-likeness (QED) is 0.679. The second kappa shape index (κ2) is 5.37. The summed E-state index contributed by atoms with van der Waals surface area (Å²) in [4.78, 5) is 0. The molecule has 5 nitrogen and oxygen atoms in total. The van der Waals surface area contributed by atoms with Gasteiger partial charge in [0.05, 0.1) is 12.3 Å². The molecule has 0 amide bonds. The topological polar surface area (TPSA) is 60.1 Å². The second-order valence-electron chi connectivity index (χ2n) is 3.05. The highest BCUT2D eigenvalue weighted by Crippen LogP contribution is 2.19. The fraction of sp³-hybridized carbons (Fsp3) is 0.600. The summed E-state index contributed by atoms with van der Waals surface area (Å²) in [6.07, 6.45) is 0. The van der Waals surface area contributed by atoms with E-state index in [1.54, 1.807) is 18.7 Å². The van der Waals surface area contributed by atoms with Crippen LogP contribution in [0.1, 0.15) is 18.2 Å². The molecule has 1 rings (SSSR count). The van der Waals surface area contributed by atoms with Crippen LogP contribution in [-0.2, 0) is 11.8 Å². The van der Waals surface area contributed by atoms with Crippen molar-refractivity contribution in [1.29, 1.82) is 5.26 Å². The molecule has 0 unspecified atom stereocenters. The lowest BCUT2D eigenvalue weighted by Gasteiger charge is -2.06. The van der Waals surface area contributed by atoms with Crippen LogP contribution in [0.15, 0.2) is 0 Å². The van der Waals surface area contributed by atoms with Gasteiger partial charge in [0.15, 0.2) is 0 Å². The van der Waals surface area contributed by atoms with Gasteiger partial charge in [-0.15, -0.1) is 0 Å². The van der Waals surface area contributed by atoms with E-state index in [2.05, 4.69) is 11.2 Å². The maximum absolute atomic E-state index is 8.90. The predicted octanol–water partition coefficient (Wildman–Crippen LogP) is 1.02. The first-order valence-corrected chi connectivity index (χ1v) is 4.85. The Balaban J connectivity index is 2.64.